The van der Waals surface area contributed by atoms with Gasteiger partial charge in [0.15, 0.2) is 0 Å². The van der Waals surface area contributed by atoms with E-state index in [-0.39, 0.29) is 5.54 Å². The van der Waals surface area contributed by atoms with Crippen molar-refractivity contribution in [3.63, 3.8) is 0 Å². The number of nitrogens with zero attached hydrogens (tertiary/aromatic N) is 1. The molecule has 18 heavy (non-hydrogen) atoms. The summed E-state index contributed by atoms with van der Waals surface area (Å²) < 4.78 is 0. The molecule has 3 nitrogen and oxygen atoms in total. The molecule has 0 radical (unpaired) electrons. The molecular weight excluding hydrogens is 242 g/mol. The molecule has 0 saturated heterocycles. The van der Waals surface area contributed by atoms with Gasteiger partial charge in [0.2, 0.25) is 0 Å². The molecular formula is C14H25N3S. The lowest BCUT2D eigenvalue weighted by Crippen LogP contribution is -2.51. The Bertz CT molecular complexity index is 377. The average Bonchev–Trinajstić information content (AvgIpc) is 2.70. The number of thiazole rings is 1. The van der Waals surface area contributed by atoms with Crippen LogP contribution in [0.15, 0.2) is 5.38 Å². The summed E-state index contributed by atoms with van der Waals surface area (Å²) in [7, 11) is 0. The molecule has 3 N–H and O–H groups in total. The van der Waals surface area contributed by atoms with Crippen LogP contribution < -0.4 is 11.1 Å². The van der Waals surface area contributed by atoms with E-state index in [1.165, 1.54) is 25.0 Å². The smallest absolute Gasteiger partial charge is 0.0897 e. The molecule has 0 amide bonds. The van der Waals surface area contributed by atoms with Crippen LogP contribution >= 0.6 is 11.3 Å². The topological polar surface area (TPSA) is 50.9 Å². The normalized spacial score (nSPS) is 28.5. The van der Waals surface area contributed by atoms with Crippen LogP contribution in [0.25, 0.3) is 0 Å². The molecule has 1 fully saturated rings. The second kappa shape index (κ2) is 6.13. The van der Waals surface area contributed by atoms with Crippen molar-refractivity contribution in [2.75, 3.05) is 13.1 Å². The predicted molar refractivity (Wildman–Crippen MR) is 78.0 cm³/mol. The minimum Gasteiger partial charge on any atom is -0.324 e. The number of aromatic nitrogens is 1. The Balaban J connectivity index is 1.68. The molecule has 1 aromatic heterocycles. The Kier molecular flexibility index (Phi) is 4.76. The van der Waals surface area contributed by atoms with E-state index in [2.05, 4.69) is 29.5 Å². The highest BCUT2D eigenvalue weighted by atomic mass is 32.1. The van der Waals surface area contributed by atoms with Crippen molar-refractivity contribution in [3.8, 4) is 0 Å². The van der Waals surface area contributed by atoms with Gasteiger partial charge in [0, 0.05) is 30.4 Å². The fourth-order valence-electron chi connectivity index (χ4n) is 2.94. The monoisotopic (exact) mass is 267 g/mol. The highest BCUT2D eigenvalue weighted by Gasteiger charge is 2.30. The number of aryl methyl sites for hydroxylation is 1. The maximum atomic E-state index is 6.46. The second-order valence-electron chi connectivity index (χ2n) is 5.85. The van der Waals surface area contributed by atoms with Crippen molar-refractivity contribution < 1.29 is 0 Å². The zero-order valence-corrected chi connectivity index (χ0v) is 12.4. The standard InChI is InChI=1S/C14H25N3S/c1-11-4-3-6-14(15,8-11)10-16-7-5-13-9-18-12(2)17-13/h9,11,16H,3-8,10,15H2,1-2H3. The summed E-state index contributed by atoms with van der Waals surface area (Å²) >= 11 is 1.73. The summed E-state index contributed by atoms with van der Waals surface area (Å²) in [5.41, 5.74) is 7.68. The van der Waals surface area contributed by atoms with Crippen LogP contribution in [0.3, 0.4) is 0 Å². The summed E-state index contributed by atoms with van der Waals surface area (Å²) in [6.07, 6.45) is 5.97. The van der Waals surface area contributed by atoms with Gasteiger partial charge in [-0.25, -0.2) is 4.98 Å². The molecule has 0 spiro atoms. The zero-order valence-electron chi connectivity index (χ0n) is 11.5. The molecule has 2 unspecified atom stereocenters. The second-order valence-corrected chi connectivity index (χ2v) is 6.91. The molecule has 102 valence electrons. The van der Waals surface area contributed by atoms with Crippen LogP contribution in [0.2, 0.25) is 0 Å². The van der Waals surface area contributed by atoms with Gasteiger partial charge in [-0.05, 0) is 25.7 Å². The van der Waals surface area contributed by atoms with Crippen molar-refractivity contribution in [3.05, 3.63) is 16.1 Å². The Hall–Kier alpha value is -0.450. The SMILES string of the molecule is Cc1nc(CCNCC2(N)CCCC(C)C2)cs1. The first-order valence-electron chi connectivity index (χ1n) is 6.98. The minimum atomic E-state index is 0.0235. The molecule has 0 aromatic carbocycles. The first-order valence-corrected chi connectivity index (χ1v) is 7.86. The molecule has 2 rings (SSSR count). The van der Waals surface area contributed by atoms with E-state index in [1.807, 2.05) is 0 Å². The quantitative estimate of drug-likeness (QED) is 0.806. The third-order valence-corrected chi connectivity index (χ3v) is 4.65. The van der Waals surface area contributed by atoms with Crippen molar-refractivity contribution in [2.24, 2.45) is 11.7 Å². The zero-order chi connectivity index (χ0) is 13.0. The molecule has 1 aromatic rings. The Labute approximate surface area is 114 Å². The number of rotatable bonds is 5. The van der Waals surface area contributed by atoms with Gasteiger partial charge in [-0.1, -0.05) is 19.8 Å². The first kappa shape index (κ1) is 14.0. The van der Waals surface area contributed by atoms with Gasteiger partial charge in [0.25, 0.3) is 0 Å². The summed E-state index contributed by atoms with van der Waals surface area (Å²) in [6, 6.07) is 0. The Morgan fingerprint density at radius 3 is 3.11 bits per heavy atom. The summed E-state index contributed by atoms with van der Waals surface area (Å²) in [5, 5.41) is 6.82. The summed E-state index contributed by atoms with van der Waals surface area (Å²) in [5.74, 6) is 0.784. The minimum absolute atomic E-state index is 0.0235. The molecule has 1 aliphatic rings. The largest absolute Gasteiger partial charge is 0.324 e. The maximum absolute atomic E-state index is 6.46. The van der Waals surface area contributed by atoms with Crippen LogP contribution in [0.4, 0.5) is 0 Å². The van der Waals surface area contributed by atoms with Crippen LogP contribution in [0.1, 0.15) is 43.3 Å². The molecule has 2 atom stereocenters. The van der Waals surface area contributed by atoms with Gasteiger partial charge < -0.3 is 11.1 Å². The number of hydrogen-bond donors (Lipinski definition) is 2. The third kappa shape index (κ3) is 4.04. The lowest BCUT2D eigenvalue weighted by molar-refractivity contribution is 0.230. The first-order chi connectivity index (χ1) is 8.57. The Morgan fingerprint density at radius 1 is 1.61 bits per heavy atom. The van der Waals surface area contributed by atoms with Gasteiger partial charge in [0.1, 0.15) is 0 Å². The van der Waals surface area contributed by atoms with E-state index in [0.717, 1.165) is 36.9 Å². The third-order valence-electron chi connectivity index (χ3n) is 3.83. The van der Waals surface area contributed by atoms with Crippen LogP contribution in [0.5, 0.6) is 0 Å². The van der Waals surface area contributed by atoms with E-state index in [0.29, 0.717) is 0 Å². The average molecular weight is 267 g/mol. The summed E-state index contributed by atoms with van der Waals surface area (Å²) in [4.78, 5) is 4.47. The Morgan fingerprint density at radius 2 is 2.44 bits per heavy atom. The fraction of sp³-hybridized carbons (Fsp3) is 0.786. The highest BCUT2D eigenvalue weighted by molar-refractivity contribution is 7.09. The van der Waals surface area contributed by atoms with Crippen molar-refractivity contribution in [1.29, 1.82) is 0 Å². The van der Waals surface area contributed by atoms with Crippen LogP contribution in [0, 0.1) is 12.8 Å². The van der Waals surface area contributed by atoms with Gasteiger partial charge in [-0.15, -0.1) is 11.3 Å². The van der Waals surface area contributed by atoms with E-state index in [9.17, 15) is 0 Å². The highest BCUT2D eigenvalue weighted by Crippen LogP contribution is 2.29. The number of nitrogens with one attached hydrogen (secondary N) is 1. The maximum Gasteiger partial charge on any atom is 0.0897 e. The van der Waals surface area contributed by atoms with Gasteiger partial charge in [0.05, 0.1) is 10.7 Å². The van der Waals surface area contributed by atoms with Crippen molar-refractivity contribution in [2.45, 2.75) is 51.5 Å². The van der Waals surface area contributed by atoms with Gasteiger partial charge in [-0.2, -0.15) is 0 Å². The molecule has 1 aliphatic carbocycles. The van der Waals surface area contributed by atoms with E-state index in [1.54, 1.807) is 11.3 Å². The lowest BCUT2D eigenvalue weighted by atomic mass is 9.77. The summed E-state index contributed by atoms with van der Waals surface area (Å²) in [6.45, 7) is 6.30. The molecule has 1 heterocycles. The van der Waals surface area contributed by atoms with Crippen LogP contribution in [-0.4, -0.2) is 23.6 Å². The van der Waals surface area contributed by atoms with Crippen molar-refractivity contribution in [1.82, 2.24) is 10.3 Å². The number of hydrogen-bond acceptors (Lipinski definition) is 4. The molecule has 4 heteroatoms. The van der Waals surface area contributed by atoms with E-state index < -0.39 is 0 Å². The predicted octanol–water partition coefficient (Wildman–Crippen LogP) is 2.49. The van der Waals surface area contributed by atoms with E-state index >= 15 is 0 Å². The van der Waals surface area contributed by atoms with Gasteiger partial charge in [-0.3, -0.25) is 0 Å². The molecule has 0 aliphatic heterocycles. The van der Waals surface area contributed by atoms with E-state index in [4.69, 9.17) is 5.73 Å². The fourth-order valence-corrected chi connectivity index (χ4v) is 3.59. The lowest BCUT2D eigenvalue weighted by Gasteiger charge is -2.37. The molecule has 0 bridgehead atoms. The molecule has 1 saturated carbocycles. The number of nitrogens with two attached hydrogens (primary N) is 1. The van der Waals surface area contributed by atoms with Crippen LogP contribution in [-0.2, 0) is 6.42 Å². The van der Waals surface area contributed by atoms with Crippen molar-refractivity contribution >= 4 is 11.3 Å². The van der Waals surface area contributed by atoms with Gasteiger partial charge >= 0.3 is 0 Å².